The Bertz CT molecular complexity index is 1160. The fraction of sp³-hybridized carbons (Fsp3) is 0.238. The number of aromatic amines is 1. The second-order valence-electron chi connectivity index (χ2n) is 6.19. The molecule has 28 heavy (non-hydrogen) atoms. The van der Waals surface area contributed by atoms with Crippen LogP contribution in [0.5, 0.6) is 11.5 Å². The lowest BCUT2D eigenvalue weighted by atomic mass is 10.1. The van der Waals surface area contributed by atoms with Gasteiger partial charge in [-0.15, -0.1) is 0 Å². The summed E-state index contributed by atoms with van der Waals surface area (Å²) in [7, 11) is 0. The van der Waals surface area contributed by atoms with Gasteiger partial charge in [0.15, 0.2) is 17.1 Å². The number of rotatable bonds is 7. The van der Waals surface area contributed by atoms with Crippen LogP contribution in [0.25, 0.3) is 22.4 Å². The minimum Gasteiger partial charge on any atom is -0.490 e. The Balaban J connectivity index is 1.63. The Hall–Kier alpha value is -3.48. The number of oxazole rings is 1. The molecule has 0 bridgehead atoms. The first-order valence-electron chi connectivity index (χ1n) is 9.22. The van der Waals surface area contributed by atoms with Crippen LogP contribution < -0.4 is 15.2 Å². The summed E-state index contributed by atoms with van der Waals surface area (Å²) in [5.41, 5.74) is 3.06. The normalized spacial score (nSPS) is 11.1. The van der Waals surface area contributed by atoms with E-state index in [4.69, 9.17) is 13.9 Å². The molecule has 0 saturated carbocycles. The monoisotopic (exact) mass is 379 g/mol. The summed E-state index contributed by atoms with van der Waals surface area (Å²) in [4.78, 5) is 19.9. The number of nitrogens with zero attached hydrogens (tertiary/aromatic N) is 2. The lowest BCUT2D eigenvalue weighted by Crippen LogP contribution is -2.15. The third-order valence-corrected chi connectivity index (χ3v) is 4.36. The van der Waals surface area contributed by atoms with E-state index in [1.807, 2.05) is 50.2 Å². The van der Waals surface area contributed by atoms with Gasteiger partial charge in [-0.05, 0) is 44.2 Å². The number of aromatic nitrogens is 3. The molecule has 0 amide bonds. The molecule has 0 spiro atoms. The predicted molar refractivity (Wildman–Crippen MR) is 106 cm³/mol. The summed E-state index contributed by atoms with van der Waals surface area (Å²) >= 11 is 0. The van der Waals surface area contributed by atoms with Gasteiger partial charge in [-0.25, -0.2) is 9.78 Å². The molecule has 0 saturated heterocycles. The SMILES string of the molecule is CCOc1ccc(-c2cnc(Cn3c(=O)oc4ccccc43)[nH]2)cc1OCC. The van der Waals surface area contributed by atoms with E-state index in [0.717, 1.165) is 16.8 Å². The average molecular weight is 379 g/mol. The van der Waals surface area contributed by atoms with E-state index >= 15 is 0 Å². The maximum absolute atomic E-state index is 12.2. The molecule has 0 radical (unpaired) electrons. The van der Waals surface area contributed by atoms with Crippen molar-refractivity contribution in [2.24, 2.45) is 0 Å². The maximum Gasteiger partial charge on any atom is 0.420 e. The molecule has 7 heteroatoms. The molecule has 1 N–H and O–H groups in total. The molecular weight excluding hydrogens is 358 g/mol. The fourth-order valence-corrected chi connectivity index (χ4v) is 3.12. The van der Waals surface area contributed by atoms with E-state index in [1.165, 1.54) is 0 Å². The Morgan fingerprint density at radius 1 is 1.07 bits per heavy atom. The minimum absolute atomic E-state index is 0.297. The molecule has 2 heterocycles. The molecule has 0 aliphatic rings. The van der Waals surface area contributed by atoms with Crippen molar-refractivity contribution >= 4 is 11.1 Å². The van der Waals surface area contributed by atoms with Crippen molar-refractivity contribution in [3.05, 3.63) is 65.0 Å². The van der Waals surface area contributed by atoms with Gasteiger partial charge in [0.1, 0.15) is 5.82 Å². The molecule has 0 aliphatic heterocycles. The highest BCUT2D eigenvalue weighted by molar-refractivity contribution is 5.72. The molecular formula is C21H21N3O4. The summed E-state index contributed by atoms with van der Waals surface area (Å²) in [5.74, 6) is 1.66. The van der Waals surface area contributed by atoms with Gasteiger partial charge in [0.25, 0.3) is 0 Å². The lowest BCUT2D eigenvalue weighted by Gasteiger charge is -2.11. The second kappa shape index (κ2) is 7.64. The molecule has 0 fully saturated rings. The summed E-state index contributed by atoms with van der Waals surface area (Å²) in [6.45, 7) is 5.29. The smallest absolute Gasteiger partial charge is 0.420 e. The molecule has 4 aromatic rings. The Labute approximate surface area is 161 Å². The number of benzene rings is 2. The van der Waals surface area contributed by atoms with Gasteiger partial charge in [0.05, 0.1) is 37.2 Å². The third-order valence-electron chi connectivity index (χ3n) is 4.36. The quantitative estimate of drug-likeness (QED) is 0.528. The van der Waals surface area contributed by atoms with Crippen LogP contribution in [0.2, 0.25) is 0 Å². The van der Waals surface area contributed by atoms with Crippen LogP contribution in [0.1, 0.15) is 19.7 Å². The molecule has 0 aliphatic carbocycles. The first kappa shape index (κ1) is 17.9. The van der Waals surface area contributed by atoms with Gasteiger partial charge in [-0.1, -0.05) is 12.1 Å². The second-order valence-corrected chi connectivity index (χ2v) is 6.19. The molecule has 144 valence electrons. The summed E-state index contributed by atoms with van der Waals surface area (Å²) < 4.78 is 18.1. The van der Waals surface area contributed by atoms with Crippen LogP contribution in [-0.2, 0) is 6.54 Å². The van der Waals surface area contributed by atoms with Crippen molar-refractivity contribution in [3.63, 3.8) is 0 Å². The molecule has 2 aromatic carbocycles. The van der Waals surface area contributed by atoms with Crippen molar-refractivity contribution in [1.82, 2.24) is 14.5 Å². The molecule has 2 aromatic heterocycles. The van der Waals surface area contributed by atoms with Gasteiger partial charge in [0.2, 0.25) is 0 Å². The van der Waals surface area contributed by atoms with Crippen molar-refractivity contribution < 1.29 is 13.9 Å². The zero-order valence-corrected chi connectivity index (χ0v) is 15.8. The highest BCUT2D eigenvalue weighted by Gasteiger charge is 2.13. The lowest BCUT2D eigenvalue weighted by molar-refractivity contribution is 0.288. The zero-order valence-electron chi connectivity index (χ0n) is 15.8. The topological polar surface area (TPSA) is 82.3 Å². The van der Waals surface area contributed by atoms with Crippen LogP contribution >= 0.6 is 0 Å². The van der Waals surface area contributed by atoms with Crippen LogP contribution in [0.4, 0.5) is 0 Å². The molecule has 0 atom stereocenters. The van der Waals surface area contributed by atoms with E-state index in [9.17, 15) is 4.79 Å². The number of nitrogens with one attached hydrogen (secondary N) is 1. The largest absolute Gasteiger partial charge is 0.490 e. The first-order valence-corrected chi connectivity index (χ1v) is 9.22. The number of imidazole rings is 1. The predicted octanol–water partition coefficient (Wildman–Crippen LogP) is 3.83. The van der Waals surface area contributed by atoms with E-state index < -0.39 is 5.76 Å². The van der Waals surface area contributed by atoms with E-state index in [1.54, 1.807) is 16.8 Å². The number of ether oxygens (including phenoxy) is 2. The average Bonchev–Trinajstić information content (AvgIpc) is 3.29. The Morgan fingerprint density at radius 2 is 1.86 bits per heavy atom. The minimum atomic E-state index is -0.404. The van der Waals surface area contributed by atoms with Crippen molar-refractivity contribution in [2.45, 2.75) is 20.4 Å². The van der Waals surface area contributed by atoms with Gasteiger partial charge in [0, 0.05) is 5.56 Å². The van der Waals surface area contributed by atoms with Gasteiger partial charge >= 0.3 is 5.76 Å². The van der Waals surface area contributed by atoms with Crippen LogP contribution in [0.15, 0.2) is 57.9 Å². The van der Waals surface area contributed by atoms with Crippen LogP contribution in [-0.4, -0.2) is 27.7 Å². The first-order chi connectivity index (χ1) is 13.7. The summed E-state index contributed by atoms with van der Waals surface area (Å²) in [6.07, 6.45) is 1.74. The molecule has 7 nitrogen and oxygen atoms in total. The van der Waals surface area contributed by atoms with E-state index in [0.29, 0.717) is 42.7 Å². The fourth-order valence-electron chi connectivity index (χ4n) is 3.12. The van der Waals surface area contributed by atoms with E-state index in [-0.39, 0.29) is 0 Å². The number of para-hydroxylation sites is 2. The maximum atomic E-state index is 12.2. The Morgan fingerprint density at radius 3 is 2.68 bits per heavy atom. The van der Waals surface area contributed by atoms with Crippen LogP contribution in [0, 0.1) is 0 Å². The summed E-state index contributed by atoms with van der Waals surface area (Å²) in [5, 5.41) is 0. The number of H-pyrrole nitrogens is 1. The standard InChI is InChI=1S/C21H21N3O4/c1-3-26-18-10-9-14(11-19(18)27-4-2)15-12-22-20(23-15)13-24-16-7-5-6-8-17(16)28-21(24)25/h5-12H,3-4,13H2,1-2H3,(H,22,23). The number of fused-ring (bicyclic) bond motifs is 1. The number of hydrogen-bond donors (Lipinski definition) is 1. The van der Waals surface area contributed by atoms with Gasteiger partial charge in [-0.2, -0.15) is 0 Å². The third kappa shape index (κ3) is 3.38. The van der Waals surface area contributed by atoms with Gasteiger partial charge < -0.3 is 18.9 Å². The van der Waals surface area contributed by atoms with Gasteiger partial charge in [-0.3, -0.25) is 4.57 Å². The highest BCUT2D eigenvalue weighted by atomic mass is 16.5. The Kier molecular flexibility index (Phi) is 4.89. The van der Waals surface area contributed by atoms with Crippen molar-refractivity contribution in [2.75, 3.05) is 13.2 Å². The van der Waals surface area contributed by atoms with Crippen LogP contribution in [0.3, 0.4) is 0 Å². The van der Waals surface area contributed by atoms with Crippen molar-refractivity contribution in [3.8, 4) is 22.8 Å². The summed E-state index contributed by atoms with van der Waals surface area (Å²) in [6, 6.07) is 13.1. The molecule has 4 rings (SSSR count). The number of hydrogen-bond acceptors (Lipinski definition) is 5. The molecule has 0 unspecified atom stereocenters. The van der Waals surface area contributed by atoms with E-state index in [2.05, 4.69) is 9.97 Å². The highest BCUT2D eigenvalue weighted by Crippen LogP contribution is 2.32. The zero-order chi connectivity index (χ0) is 19.5. The van der Waals surface area contributed by atoms with Crippen molar-refractivity contribution in [1.29, 1.82) is 0 Å².